The quantitative estimate of drug-likeness (QED) is 0.552. The van der Waals surface area contributed by atoms with E-state index in [1.54, 1.807) is 0 Å². The van der Waals surface area contributed by atoms with Gasteiger partial charge in [0.1, 0.15) is 29.4 Å². The summed E-state index contributed by atoms with van der Waals surface area (Å²) in [6.45, 7) is -3.02. The number of hydrogen-bond acceptors (Lipinski definition) is 6. The molecule has 2 atom stereocenters. The van der Waals surface area contributed by atoms with Gasteiger partial charge in [-0.25, -0.2) is 0 Å². The number of nitrogens with two attached hydrogens (primary N) is 1. The van der Waals surface area contributed by atoms with Crippen molar-refractivity contribution in [2.24, 2.45) is 11.1 Å². The van der Waals surface area contributed by atoms with Crippen LogP contribution in [-0.2, 0) is 4.74 Å². The lowest BCUT2D eigenvalue weighted by atomic mass is 9.76. The van der Waals surface area contributed by atoms with Crippen molar-refractivity contribution in [3.05, 3.63) is 50.9 Å². The van der Waals surface area contributed by atoms with Crippen LogP contribution >= 0.6 is 23.2 Å². The molecule has 3 heterocycles. The molecule has 1 fully saturated rings. The molecular formula is C18H14Cl2F2N2O6. The number of hydrogen-bond donors (Lipinski definition) is 1. The Hall–Kier alpha value is -2.56. The number of pyridine rings is 1. The fourth-order valence-corrected chi connectivity index (χ4v) is 4.11. The van der Waals surface area contributed by atoms with Crippen molar-refractivity contribution in [2.75, 3.05) is 19.8 Å². The first-order valence-corrected chi connectivity index (χ1v) is 9.34. The Labute approximate surface area is 178 Å². The molecule has 0 saturated carbocycles. The molecular weight excluding hydrogens is 449 g/mol. The third-order valence-corrected chi connectivity index (χ3v) is 5.52. The number of rotatable bonds is 4. The fourth-order valence-electron chi connectivity index (χ4n) is 3.47. The molecule has 30 heavy (non-hydrogen) atoms. The minimum absolute atomic E-state index is 0.0258. The van der Waals surface area contributed by atoms with Crippen LogP contribution in [0.2, 0.25) is 10.0 Å². The number of benzene rings is 1. The van der Waals surface area contributed by atoms with E-state index in [1.807, 2.05) is 0 Å². The lowest BCUT2D eigenvalue weighted by molar-refractivity contribution is -0.605. The van der Waals surface area contributed by atoms with Crippen LogP contribution in [-0.4, -0.2) is 32.3 Å². The number of fused-ring (bicyclic) bond motifs is 1. The van der Waals surface area contributed by atoms with Crippen LogP contribution in [0.5, 0.6) is 17.2 Å². The molecule has 1 amide bonds. The molecule has 1 aromatic heterocycles. The van der Waals surface area contributed by atoms with Gasteiger partial charge in [0.25, 0.3) is 5.91 Å². The first-order valence-electron chi connectivity index (χ1n) is 8.58. The smallest absolute Gasteiger partial charge is 0.387 e. The summed E-state index contributed by atoms with van der Waals surface area (Å²) < 4.78 is 47.7. The van der Waals surface area contributed by atoms with Gasteiger partial charge in [-0.3, -0.25) is 4.79 Å². The lowest BCUT2D eigenvalue weighted by Gasteiger charge is -2.47. The summed E-state index contributed by atoms with van der Waals surface area (Å²) in [5.41, 5.74) is 4.87. The number of aromatic nitrogens is 1. The zero-order valence-electron chi connectivity index (χ0n) is 15.1. The monoisotopic (exact) mass is 462 g/mol. The van der Waals surface area contributed by atoms with Gasteiger partial charge in [0.2, 0.25) is 5.75 Å². The summed E-state index contributed by atoms with van der Waals surface area (Å²) in [6, 6.07) is 2.37. The first kappa shape index (κ1) is 20.7. The molecule has 2 unspecified atom stereocenters. The zero-order chi connectivity index (χ0) is 21.6. The Morgan fingerprint density at radius 2 is 1.83 bits per heavy atom. The Morgan fingerprint density at radius 3 is 2.37 bits per heavy atom. The van der Waals surface area contributed by atoms with Gasteiger partial charge in [-0.2, -0.15) is 13.5 Å². The van der Waals surface area contributed by atoms with Crippen LogP contribution in [0.1, 0.15) is 22.0 Å². The van der Waals surface area contributed by atoms with Crippen molar-refractivity contribution in [3.8, 4) is 17.2 Å². The summed E-state index contributed by atoms with van der Waals surface area (Å²) in [6.07, 6.45) is 1.56. The molecule has 8 nitrogen and oxygen atoms in total. The van der Waals surface area contributed by atoms with Crippen molar-refractivity contribution in [2.45, 2.75) is 12.7 Å². The Bertz CT molecular complexity index is 1000. The van der Waals surface area contributed by atoms with Gasteiger partial charge in [-0.1, -0.05) is 23.2 Å². The molecule has 1 aromatic carbocycles. The van der Waals surface area contributed by atoms with Crippen LogP contribution in [0, 0.1) is 10.6 Å². The number of alkyl halides is 2. The SMILES string of the molecule is NC(=O)c1ccc(OC(F)F)c2c1OCC1(CO2)COC1c1c(Cl)c[n+]([O-])cc1Cl. The van der Waals surface area contributed by atoms with Crippen molar-refractivity contribution >= 4 is 29.1 Å². The Kier molecular flexibility index (Phi) is 5.25. The summed E-state index contributed by atoms with van der Waals surface area (Å²) in [4.78, 5) is 11.8. The van der Waals surface area contributed by atoms with E-state index in [1.165, 1.54) is 6.07 Å². The van der Waals surface area contributed by atoms with E-state index in [9.17, 15) is 18.8 Å². The van der Waals surface area contributed by atoms with Gasteiger partial charge in [-0.15, -0.1) is 0 Å². The van der Waals surface area contributed by atoms with E-state index in [0.717, 1.165) is 18.5 Å². The molecule has 0 bridgehead atoms. The van der Waals surface area contributed by atoms with E-state index in [4.69, 9.17) is 43.1 Å². The number of carbonyl (C=O) groups excluding carboxylic acids is 1. The second-order valence-corrected chi connectivity index (χ2v) is 7.69. The number of halogens is 4. The van der Waals surface area contributed by atoms with Crippen molar-refractivity contribution in [1.82, 2.24) is 0 Å². The molecule has 12 heteroatoms. The van der Waals surface area contributed by atoms with Crippen LogP contribution in [0.15, 0.2) is 24.5 Å². The van der Waals surface area contributed by atoms with Gasteiger partial charge < -0.3 is 29.9 Å². The predicted molar refractivity (Wildman–Crippen MR) is 99.1 cm³/mol. The van der Waals surface area contributed by atoms with E-state index >= 15 is 0 Å². The van der Waals surface area contributed by atoms with Crippen LogP contribution in [0.3, 0.4) is 0 Å². The summed E-state index contributed by atoms with van der Waals surface area (Å²) >= 11 is 12.4. The third kappa shape index (κ3) is 3.44. The average Bonchev–Trinajstić information content (AvgIpc) is 2.85. The molecule has 0 radical (unpaired) electrons. The normalized spacial score (nSPS) is 22.5. The Morgan fingerprint density at radius 1 is 1.20 bits per heavy atom. The summed E-state index contributed by atoms with van der Waals surface area (Å²) in [5.74, 6) is -1.41. The molecule has 1 spiro atoms. The minimum Gasteiger partial charge on any atom is -0.619 e. The molecule has 160 valence electrons. The highest BCUT2D eigenvalue weighted by Crippen LogP contribution is 2.53. The van der Waals surface area contributed by atoms with Crippen molar-refractivity contribution < 1.29 is 37.3 Å². The molecule has 2 N–H and O–H groups in total. The standard InChI is InChI=1S/C18H14Cl2F2N2O6/c19-9-3-24(26)4-10(20)12(9)15-18(7-29-15)5-27-13-8(16(23)25)1-2-11(30-17(21)22)14(13)28-6-18/h1-4,15,17H,5-7H2,(H2,23,25). The van der Waals surface area contributed by atoms with Gasteiger partial charge in [0, 0.05) is 5.56 Å². The molecule has 2 aromatic rings. The second-order valence-electron chi connectivity index (χ2n) is 6.87. The highest BCUT2D eigenvalue weighted by molar-refractivity contribution is 6.35. The van der Waals surface area contributed by atoms with Crippen LogP contribution in [0.4, 0.5) is 8.78 Å². The van der Waals surface area contributed by atoms with Crippen LogP contribution in [0.25, 0.3) is 0 Å². The maximum Gasteiger partial charge on any atom is 0.387 e. The maximum atomic E-state index is 12.8. The average molecular weight is 463 g/mol. The molecule has 0 aliphatic carbocycles. The van der Waals surface area contributed by atoms with Gasteiger partial charge >= 0.3 is 6.61 Å². The summed E-state index contributed by atoms with van der Waals surface area (Å²) in [7, 11) is 0. The zero-order valence-corrected chi connectivity index (χ0v) is 16.6. The van der Waals surface area contributed by atoms with E-state index in [-0.39, 0.29) is 52.7 Å². The highest BCUT2D eigenvalue weighted by Gasteiger charge is 2.54. The van der Waals surface area contributed by atoms with E-state index < -0.39 is 24.0 Å². The largest absolute Gasteiger partial charge is 0.619 e. The molecule has 1 saturated heterocycles. The predicted octanol–water partition coefficient (Wildman–Crippen LogP) is 2.86. The van der Waals surface area contributed by atoms with E-state index in [0.29, 0.717) is 10.3 Å². The number of primary amides is 1. The Balaban J connectivity index is 1.71. The summed E-state index contributed by atoms with van der Waals surface area (Å²) in [5, 5.41) is 11.7. The number of nitrogens with zero attached hydrogens (tertiary/aromatic N) is 1. The lowest BCUT2D eigenvalue weighted by Crippen LogP contribution is -2.53. The van der Waals surface area contributed by atoms with Gasteiger partial charge in [-0.05, 0) is 12.1 Å². The number of ether oxygens (including phenoxy) is 4. The fraction of sp³-hybridized carbons (Fsp3) is 0.333. The minimum atomic E-state index is -3.12. The first-order chi connectivity index (χ1) is 14.2. The highest BCUT2D eigenvalue weighted by atomic mass is 35.5. The van der Waals surface area contributed by atoms with Crippen LogP contribution < -0.4 is 24.7 Å². The third-order valence-electron chi connectivity index (χ3n) is 4.92. The number of carbonyl (C=O) groups is 1. The van der Waals surface area contributed by atoms with Gasteiger partial charge in [0.05, 0.1) is 17.6 Å². The maximum absolute atomic E-state index is 12.8. The van der Waals surface area contributed by atoms with Crippen molar-refractivity contribution in [3.63, 3.8) is 0 Å². The van der Waals surface area contributed by atoms with E-state index in [2.05, 4.69) is 4.74 Å². The topological polar surface area (TPSA) is 107 Å². The molecule has 2 aliphatic rings. The molecule has 2 aliphatic heterocycles. The second kappa shape index (κ2) is 7.60. The van der Waals surface area contributed by atoms with Gasteiger partial charge in [0.15, 0.2) is 23.9 Å². The van der Waals surface area contributed by atoms with Crippen molar-refractivity contribution in [1.29, 1.82) is 0 Å². The molecule has 4 rings (SSSR count). The number of amides is 1.